The van der Waals surface area contributed by atoms with Crippen molar-refractivity contribution < 1.29 is 5.11 Å². The quantitative estimate of drug-likeness (QED) is 0.708. The summed E-state index contributed by atoms with van der Waals surface area (Å²) in [5.41, 5.74) is 7.48. The molecule has 0 radical (unpaired) electrons. The van der Waals surface area contributed by atoms with Crippen LogP contribution in [0.5, 0.6) is 5.75 Å². The van der Waals surface area contributed by atoms with Crippen LogP contribution in [0, 0.1) is 5.92 Å². The van der Waals surface area contributed by atoms with E-state index in [1.54, 1.807) is 0 Å². The highest BCUT2D eigenvalue weighted by molar-refractivity contribution is 5.50. The van der Waals surface area contributed by atoms with E-state index in [1.165, 1.54) is 29.5 Å². The van der Waals surface area contributed by atoms with Crippen LogP contribution in [0.4, 0.5) is 0 Å². The monoisotopic (exact) mass is 267 g/mol. The van der Waals surface area contributed by atoms with E-state index in [0.29, 0.717) is 17.7 Å². The molecule has 104 valence electrons. The third-order valence-corrected chi connectivity index (χ3v) is 5.75. The number of aromatic hydroxyl groups is 1. The first-order valence-corrected chi connectivity index (χ1v) is 7.71. The summed E-state index contributed by atoms with van der Waals surface area (Å²) in [6, 6.07) is 6.51. The van der Waals surface area contributed by atoms with Gasteiger partial charge in [0, 0.05) is 11.5 Å². The second kappa shape index (κ2) is 4.25. The summed E-state index contributed by atoms with van der Waals surface area (Å²) >= 11 is 0. The number of rotatable bonds is 0. The Bertz CT molecular complexity index is 614. The van der Waals surface area contributed by atoms with E-state index >= 15 is 0 Å². The van der Waals surface area contributed by atoms with Gasteiger partial charge in [0.2, 0.25) is 0 Å². The molecule has 1 aromatic carbocycles. The number of phenolic OH excluding ortho intramolecular Hbond substituents is 1. The third-order valence-electron chi connectivity index (χ3n) is 5.75. The highest BCUT2D eigenvalue weighted by Gasteiger charge is 2.53. The predicted octanol–water partition coefficient (Wildman–Crippen LogP) is 3.06. The maximum absolute atomic E-state index is 9.97. The molecule has 1 saturated carbocycles. The van der Waals surface area contributed by atoms with Gasteiger partial charge in [-0.15, -0.1) is 5.73 Å². The number of benzene rings is 1. The normalized spacial score (nSPS) is 34.9. The minimum atomic E-state index is 0.0856. The molecule has 2 N–H and O–H groups in total. The van der Waals surface area contributed by atoms with Crippen molar-refractivity contribution in [3.63, 3.8) is 0 Å². The summed E-state index contributed by atoms with van der Waals surface area (Å²) in [5, 5.41) is 13.7. The summed E-state index contributed by atoms with van der Waals surface area (Å²) in [5.74, 6) is 1.03. The first-order valence-electron chi connectivity index (χ1n) is 7.71. The topological polar surface area (TPSA) is 32.3 Å². The lowest BCUT2D eigenvalue weighted by Crippen LogP contribution is -2.60. The molecule has 1 aromatic rings. The maximum atomic E-state index is 9.97. The number of fused-ring (bicyclic) bond motifs is 1. The molecule has 2 fully saturated rings. The summed E-state index contributed by atoms with van der Waals surface area (Å²) in [7, 11) is 0. The lowest BCUT2D eigenvalue weighted by molar-refractivity contribution is 0.123. The Kier molecular flexibility index (Phi) is 2.60. The van der Waals surface area contributed by atoms with Crippen molar-refractivity contribution in [3.8, 4) is 5.75 Å². The lowest BCUT2D eigenvalue weighted by atomic mass is 9.51. The van der Waals surface area contributed by atoms with Gasteiger partial charge in [-0.25, -0.2) is 0 Å². The molecule has 0 amide bonds. The fourth-order valence-corrected chi connectivity index (χ4v) is 5.02. The van der Waals surface area contributed by atoms with E-state index in [0.717, 1.165) is 25.8 Å². The van der Waals surface area contributed by atoms with Gasteiger partial charge in [-0.05, 0) is 73.4 Å². The van der Waals surface area contributed by atoms with Crippen molar-refractivity contribution in [2.75, 3.05) is 6.54 Å². The van der Waals surface area contributed by atoms with E-state index in [9.17, 15) is 5.11 Å². The number of phenols is 1. The second-order valence-electron chi connectivity index (χ2n) is 6.48. The van der Waals surface area contributed by atoms with Crippen LogP contribution in [-0.2, 0) is 11.8 Å². The third kappa shape index (κ3) is 1.44. The first kappa shape index (κ1) is 12.3. The van der Waals surface area contributed by atoms with Crippen LogP contribution in [0.3, 0.4) is 0 Å². The molecule has 2 nitrogen and oxygen atoms in total. The van der Waals surface area contributed by atoms with Crippen LogP contribution in [0.1, 0.15) is 36.8 Å². The molecular formula is C18H21NO. The Balaban J connectivity index is 2.00. The van der Waals surface area contributed by atoms with Crippen LogP contribution in [-0.4, -0.2) is 17.7 Å². The molecule has 2 bridgehead atoms. The van der Waals surface area contributed by atoms with Crippen molar-refractivity contribution in [3.05, 3.63) is 47.2 Å². The van der Waals surface area contributed by atoms with E-state index in [2.05, 4.69) is 23.7 Å². The van der Waals surface area contributed by atoms with Crippen molar-refractivity contribution in [1.29, 1.82) is 0 Å². The van der Waals surface area contributed by atoms with Crippen LogP contribution in [0.2, 0.25) is 0 Å². The zero-order valence-corrected chi connectivity index (χ0v) is 11.8. The second-order valence-corrected chi connectivity index (χ2v) is 6.48. The van der Waals surface area contributed by atoms with Gasteiger partial charge < -0.3 is 10.4 Å². The Hall–Kier alpha value is -1.50. The smallest absolute Gasteiger partial charge is 0.115 e. The summed E-state index contributed by atoms with van der Waals surface area (Å²) in [4.78, 5) is 0. The minimum Gasteiger partial charge on any atom is -0.508 e. The largest absolute Gasteiger partial charge is 0.508 e. The maximum Gasteiger partial charge on any atom is 0.115 e. The van der Waals surface area contributed by atoms with E-state index in [4.69, 9.17) is 0 Å². The van der Waals surface area contributed by atoms with E-state index in [-0.39, 0.29) is 5.41 Å². The average molecular weight is 267 g/mol. The van der Waals surface area contributed by atoms with Gasteiger partial charge in [0.1, 0.15) is 5.75 Å². The molecular weight excluding hydrogens is 246 g/mol. The lowest BCUT2D eigenvalue weighted by Gasteiger charge is -2.56. The molecule has 0 unspecified atom stereocenters. The predicted molar refractivity (Wildman–Crippen MR) is 79.9 cm³/mol. The Morgan fingerprint density at radius 1 is 1.40 bits per heavy atom. The molecule has 3 atom stereocenters. The van der Waals surface area contributed by atoms with Gasteiger partial charge >= 0.3 is 0 Å². The van der Waals surface area contributed by atoms with Crippen molar-refractivity contribution in [2.24, 2.45) is 5.92 Å². The fraction of sp³-hybridized carbons (Fsp3) is 0.500. The Morgan fingerprint density at radius 2 is 2.30 bits per heavy atom. The van der Waals surface area contributed by atoms with Crippen molar-refractivity contribution in [2.45, 2.75) is 43.6 Å². The fourth-order valence-electron chi connectivity index (χ4n) is 5.02. The van der Waals surface area contributed by atoms with Crippen molar-refractivity contribution >= 4 is 0 Å². The van der Waals surface area contributed by atoms with Gasteiger partial charge in [-0.1, -0.05) is 12.6 Å². The molecule has 1 saturated heterocycles. The molecule has 0 aromatic heterocycles. The number of hydrogen-bond donors (Lipinski definition) is 2. The van der Waals surface area contributed by atoms with Crippen LogP contribution >= 0.6 is 0 Å². The first-order chi connectivity index (χ1) is 9.75. The zero-order valence-electron chi connectivity index (χ0n) is 11.8. The molecule has 4 rings (SSSR count). The number of hydrogen-bond acceptors (Lipinski definition) is 2. The zero-order chi connectivity index (χ0) is 13.7. The van der Waals surface area contributed by atoms with E-state index in [1.807, 2.05) is 12.1 Å². The molecule has 0 spiro atoms. The van der Waals surface area contributed by atoms with Crippen LogP contribution < -0.4 is 5.32 Å². The highest BCUT2D eigenvalue weighted by Crippen LogP contribution is 2.56. The van der Waals surface area contributed by atoms with Crippen molar-refractivity contribution in [1.82, 2.24) is 5.32 Å². The van der Waals surface area contributed by atoms with Gasteiger partial charge in [0.15, 0.2) is 0 Å². The molecule has 1 aliphatic heterocycles. The molecule has 1 heterocycles. The molecule has 3 aliphatic rings. The number of nitrogens with one attached hydrogen (secondary N) is 1. The number of allylic oxidation sites excluding steroid dienone is 1. The van der Waals surface area contributed by atoms with E-state index < -0.39 is 0 Å². The molecule has 2 aliphatic carbocycles. The van der Waals surface area contributed by atoms with Crippen LogP contribution in [0.15, 0.2) is 36.1 Å². The summed E-state index contributed by atoms with van der Waals surface area (Å²) in [6.07, 6.45) is 5.84. The SMILES string of the molecule is C=C=C1CCC[C@H]2[C@H]3Cc4ccc(O)cc4[C@@]12CCN3. The summed E-state index contributed by atoms with van der Waals surface area (Å²) in [6.45, 7) is 5.02. The molecule has 20 heavy (non-hydrogen) atoms. The standard InChI is InChI=1S/C18H21NO/c1-2-13-4-3-5-15-17-10-12-6-7-14(20)11-16(12)18(13,15)8-9-19-17/h6-7,11,15,17,19-20H,1,3-5,8-10H2/t15-,17+,18-/m0/s1. The van der Waals surface area contributed by atoms with Gasteiger partial charge in [-0.3, -0.25) is 0 Å². The average Bonchev–Trinajstić information content (AvgIpc) is 2.47. The Labute approximate surface area is 120 Å². The highest BCUT2D eigenvalue weighted by atomic mass is 16.3. The number of piperidine rings is 1. The molecule has 2 heteroatoms. The Morgan fingerprint density at radius 3 is 3.15 bits per heavy atom. The van der Waals surface area contributed by atoms with Gasteiger partial charge in [0.25, 0.3) is 0 Å². The van der Waals surface area contributed by atoms with Gasteiger partial charge in [0.05, 0.1) is 0 Å². The van der Waals surface area contributed by atoms with Crippen LogP contribution in [0.25, 0.3) is 0 Å². The summed E-state index contributed by atoms with van der Waals surface area (Å²) < 4.78 is 0. The minimum absolute atomic E-state index is 0.0856. The van der Waals surface area contributed by atoms with Gasteiger partial charge in [-0.2, -0.15) is 0 Å².